The topological polar surface area (TPSA) is 79.3 Å². The number of fused-ring (bicyclic) bond motifs is 7. The minimum absolute atomic E-state index is 0.0353. The molecule has 6 fully saturated rings. The van der Waals surface area contributed by atoms with Crippen molar-refractivity contribution >= 4 is 5.97 Å². The van der Waals surface area contributed by atoms with Gasteiger partial charge >= 0.3 is 5.97 Å². The van der Waals surface area contributed by atoms with Crippen LogP contribution < -0.4 is 0 Å². The van der Waals surface area contributed by atoms with Crippen molar-refractivity contribution in [2.24, 2.45) is 56.7 Å². The molecule has 6 aliphatic rings. The Labute approximate surface area is 253 Å². The molecular weight excluding hydrogens is 524 g/mol. The standard InChI is InChI=1S/C37H54O5/c1-32-16-15-29(39)33(2,22-38)27(32)14-17-35(4)28(32)12-11-25-30-26(36(5)23-42-36)13-18-37(30,20-19-34(25,35)3)31(40)41-21-24-9-7-6-8-10-24/h6-10,25-30,38-39H,11-23H2,1-5H3/t25?,26-,27-,28?,29+,30+,32+,33+,34-,35-,36?,37+/m1/s1. The van der Waals surface area contributed by atoms with Crippen molar-refractivity contribution in [3.8, 4) is 0 Å². The van der Waals surface area contributed by atoms with Gasteiger partial charge in [0.25, 0.3) is 0 Å². The quantitative estimate of drug-likeness (QED) is 0.293. The lowest BCUT2D eigenvalue weighted by Crippen LogP contribution is -2.68. The van der Waals surface area contributed by atoms with E-state index in [1.165, 1.54) is 6.42 Å². The van der Waals surface area contributed by atoms with E-state index in [9.17, 15) is 15.0 Å². The van der Waals surface area contributed by atoms with Crippen LogP contribution in [0.4, 0.5) is 0 Å². The summed E-state index contributed by atoms with van der Waals surface area (Å²) in [6.45, 7) is 13.4. The minimum Gasteiger partial charge on any atom is -0.460 e. The van der Waals surface area contributed by atoms with E-state index in [0.717, 1.165) is 70.0 Å². The summed E-state index contributed by atoms with van der Waals surface area (Å²) in [6, 6.07) is 10.1. The molecule has 1 aromatic carbocycles. The summed E-state index contributed by atoms with van der Waals surface area (Å²) in [4.78, 5) is 14.3. The van der Waals surface area contributed by atoms with Crippen molar-refractivity contribution in [1.29, 1.82) is 0 Å². The SMILES string of the molecule is CC1([C@@H]2CC[C@]3(C(=O)OCc4ccccc4)CC[C@]4(C)C(CCC5[C@@]6(C)CC[C@H](O)[C@@](C)(CO)[C@@H]6CC[C@]54C)[C@@H]23)CO1. The summed E-state index contributed by atoms with van der Waals surface area (Å²) >= 11 is 0. The molecule has 5 nitrogen and oxygen atoms in total. The normalized spacial score (nSPS) is 52.8. The number of carbonyl (C=O) groups excluding carboxylic acids is 1. The molecule has 1 heterocycles. The Morgan fingerprint density at radius 1 is 0.857 bits per heavy atom. The van der Waals surface area contributed by atoms with Gasteiger partial charge in [-0.2, -0.15) is 0 Å². The number of ether oxygens (including phenoxy) is 2. The van der Waals surface area contributed by atoms with Crippen molar-refractivity contribution in [2.75, 3.05) is 13.2 Å². The van der Waals surface area contributed by atoms with Crippen LogP contribution in [0.2, 0.25) is 0 Å². The van der Waals surface area contributed by atoms with Crippen LogP contribution >= 0.6 is 0 Å². The Morgan fingerprint density at radius 2 is 1.60 bits per heavy atom. The van der Waals surface area contributed by atoms with Crippen LogP contribution in [0.1, 0.15) is 104 Å². The van der Waals surface area contributed by atoms with Crippen molar-refractivity contribution in [1.82, 2.24) is 0 Å². The molecule has 1 saturated heterocycles. The highest BCUT2D eigenvalue weighted by molar-refractivity contribution is 5.78. The Bertz CT molecular complexity index is 1210. The maximum absolute atomic E-state index is 14.3. The number of benzene rings is 1. The number of aliphatic hydroxyl groups is 2. The molecule has 0 radical (unpaired) electrons. The first-order valence-electron chi connectivity index (χ1n) is 17.0. The zero-order chi connectivity index (χ0) is 29.8. The predicted molar refractivity (Wildman–Crippen MR) is 162 cm³/mol. The highest BCUT2D eigenvalue weighted by atomic mass is 16.6. The van der Waals surface area contributed by atoms with Crippen LogP contribution in [0.3, 0.4) is 0 Å². The molecular formula is C37H54O5. The summed E-state index contributed by atoms with van der Waals surface area (Å²) in [5, 5.41) is 21.6. The predicted octanol–water partition coefficient (Wildman–Crippen LogP) is 6.93. The van der Waals surface area contributed by atoms with Gasteiger partial charge in [-0.15, -0.1) is 0 Å². The van der Waals surface area contributed by atoms with Crippen LogP contribution in [-0.2, 0) is 20.9 Å². The summed E-state index contributed by atoms with van der Waals surface area (Å²) in [5.74, 6) is 2.11. The van der Waals surface area contributed by atoms with E-state index in [-0.39, 0.29) is 34.4 Å². The lowest BCUT2D eigenvalue weighted by molar-refractivity contribution is -0.256. The third-order valence-electron chi connectivity index (χ3n) is 15.6. The summed E-state index contributed by atoms with van der Waals surface area (Å²) in [7, 11) is 0. The van der Waals surface area contributed by atoms with E-state index in [1.54, 1.807) is 0 Å². The van der Waals surface area contributed by atoms with E-state index < -0.39 is 16.9 Å². The molecule has 0 amide bonds. The van der Waals surface area contributed by atoms with Gasteiger partial charge in [0, 0.05) is 5.41 Å². The highest BCUT2D eigenvalue weighted by Gasteiger charge is 2.74. The molecule has 3 unspecified atom stereocenters. The molecule has 7 rings (SSSR count). The molecule has 1 aromatic rings. The first-order valence-corrected chi connectivity index (χ1v) is 17.0. The average molecular weight is 579 g/mol. The molecule has 232 valence electrons. The number of rotatable bonds is 5. The number of hydrogen-bond donors (Lipinski definition) is 2. The van der Waals surface area contributed by atoms with Gasteiger partial charge in [0.15, 0.2) is 0 Å². The number of aliphatic hydroxyl groups excluding tert-OH is 2. The zero-order valence-electron chi connectivity index (χ0n) is 26.7. The Kier molecular flexibility index (Phi) is 6.65. The molecule has 2 N–H and O–H groups in total. The number of esters is 1. The van der Waals surface area contributed by atoms with Crippen LogP contribution in [0, 0.1) is 56.7 Å². The van der Waals surface area contributed by atoms with Gasteiger partial charge in [0.2, 0.25) is 0 Å². The summed E-state index contributed by atoms with van der Waals surface area (Å²) in [6.07, 6.45) is 9.92. The van der Waals surface area contributed by atoms with Crippen LogP contribution in [0.15, 0.2) is 30.3 Å². The van der Waals surface area contributed by atoms with E-state index in [0.29, 0.717) is 36.2 Å². The van der Waals surface area contributed by atoms with Gasteiger partial charge in [-0.05, 0) is 123 Å². The second-order valence-corrected chi connectivity index (χ2v) is 16.9. The van der Waals surface area contributed by atoms with Gasteiger partial charge < -0.3 is 19.7 Å². The van der Waals surface area contributed by atoms with E-state index in [1.807, 2.05) is 30.3 Å². The second kappa shape index (κ2) is 9.54. The maximum Gasteiger partial charge on any atom is 0.312 e. The third-order valence-corrected chi connectivity index (χ3v) is 15.6. The fraction of sp³-hybridized carbons (Fsp3) is 0.811. The summed E-state index contributed by atoms with van der Waals surface area (Å²) in [5.41, 5.74) is 0.528. The smallest absolute Gasteiger partial charge is 0.312 e. The maximum atomic E-state index is 14.3. The number of epoxide rings is 1. The van der Waals surface area contributed by atoms with Gasteiger partial charge in [-0.1, -0.05) is 58.0 Å². The molecule has 0 spiro atoms. The van der Waals surface area contributed by atoms with Crippen LogP contribution in [-0.4, -0.2) is 41.1 Å². The minimum atomic E-state index is -0.426. The first-order chi connectivity index (χ1) is 19.9. The Morgan fingerprint density at radius 3 is 2.29 bits per heavy atom. The van der Waals surface area contributed by atoms with Gasteiger partial charge in [0.1, 0.15) is 6.61 Å². The number of hydrogen-bond acceptors (Lipinski definition) is 5. The van der Waals surface area contributed by atoms with Gasteiger partial charge in [0.05, 0.1) is 30.3 Å². The molecule has 42 heavy (non-hydrogen) atoms. The second-order valence-electron chi connectivity index (χ2n) is 16.9. The highest BCUT2D eigenvalue weighted by Crippen LogP contribution is 2.78. The summed E-state index contributed by atoms with van der Waals surface area (Å²) < 4.78 is 12.4. The average Bonchev–Trinajstić information content (AvgIpc) is 3.59. The lowest BCUT2D eigenvalue weighted by atomic mass is 9.32. The monoisotopic (exact) mass is 578 g/mol. The molecule has 5 saturated carbocycles. The molecule has 1 aliphatic heterocycles. The zero-order valence-corrected chi connectivity index (χ0v) is 26.7. The lowest BCUT2D eigenvalue weighted by Gasteiger charge is -2.72. The van der Waals surface area contributed by atoms with Crippen molar-refractivity contribution in [3.63, 3.8) is 0 Å². The fourth-order valence-electron chi connectivity index (χ4n) is 12.8. The van der Waals surface area contributed by atoms with Crippen LogP contribution in [0.25, 0.3) is 0 Å². The molecule has 0 aromatic heterocycles. The number of carbonyl (C=O) groups is 1. The molecule has 5 aliphatic carbocycles. The largest absolute Gasteiger partial charge is 0.460 e. The molecule has 12 atom stereocenters. The Hall–Kier alpha value is -1.43. The Balaban J connectivity index is 1.23. The van der Waals surface area contributed by atoms with E-state index >= 15 is 0 Å². The fourth-order valence-corrected chi connectivity index (χ4v) is 12.8. The van der Waals surface area contributed by atoms with Crippen molar-refractivity contribution in [2.45, 2.75) is 117 Å². The van der Waals surface area contributed by atoms with Gasteiger partial charge in [-0.25, -0.2) is 0 Å². The van der Waals surface area contributed by atoms with Crippen molar-refractivity contribution < 1.29 is 24.5 Å². The van der Waals surface area contributed by atoms with Crippen LogP contribution in [0.5, 0.6) is 0 Å². The van der Waals surface area contributed by atoms with E-state index in [4.69, 9.17) is 9.47 Å². The van der Waals surface area contributed by atoms with Gasteiger partial charge in [-0.3, -0.25) is 4.79 Å². The molecule has 0 bridgehead atoms. The van der Waals surface area contributed by atoms with Crippen molar-refractivity contribution in [3.05, 3.63) is 35.9 Å². The van der Waals surface area contributed by atoms with E-state index in [2.05, 4.69) is 34.6 Å². The third kappa shape index (κ3) is 3.75. The molecule has 5 heteroatoms. The first kappa shape index (κ1) is 29.3.